The Morgan fingerprint density at radius 1 is 0.556 bits per heavy atom. The highest BCUT2D eigenvalue weighted by Gasteiger charge is 2.08. The lowest BCUT2D eigenvalue weighted by molar-refractivity contribution is 0.880. The molecule has 5 heterocycles. The van der Waals surface area contributed by atoms with Crippen LogP contribution in [-0.4, -0.2) is 9.97 Å². The molecular weight excluding hydrogens is 497 g/mol. The van der Waals surface area contributed by atoms with E-state index in [9.17, 15) is 0 Å². The van der Waals surface area contributed by atoms with E-state index in [0.717, 1.165) is 4.83 Å². The highest BCUT2D eigenvalue weighted by Crippen LogP contribution is 2.31. The van der Waals surface area contributed by atoms with Crippen molar-refractivity contribution in [1.29, 1.82) is 0 Å². The quantitative estimate of drug-likeness (QED) is 0.227. The van der Waals surface area contributed by atoms with E-state index in [1.54, 1.807) is 22.7 Å². The zero-order valence-corrected chi connectivity index (χ0v) is 24.3. The van der Waals surface area contributed by atoms with E-state index in [2.05, 4.69) is 104 Å². The maximum atomic E-state index is 4.30. The lowest BCUT2D eigenvalue weighted by atomic mass is 10.0. The molecule has 0 unspecified atom stereocenters. The van der Waals surface area contributed by atoms with Crippen molar-refractivity contribution < 1.29 is 0 Å². The smallest absolute Gasteiger partial charge is 0.123 e. The van der Waals surface area contributed by atoms with Gasteiger partial charge >= 0.3 is 0 Å². The number of hydrogen-bond acceptors (Lipinski definition) is 5. The molecule has 1 aromatic carbocycles. The van der Waals surface area contributed by atoms with E-state index in [0.29, 0.717) is 17.8 Å². The van der Waals surface area contributed by atoms with E-state index in [1.165, 1.54) is 42.2 Å². The second-order valence-corrected chi connectivity index (χ2v) is 12.4. The van der Waals surface area contributed by atoms with Crippen LogP contribution in [0.3, 0.4) is 0 Å². The molecule has 0 atom stereocenters. The predicted octanol–water partition coefficient (Wildman–Crippen LogP) is 10.9. The number of nitrogens with zero attached hydrogens (tertiary/aromatic N) is 2. The molecule has 0 bridgehead atoms. The Kier molecular flexibility index (Phi) is 8.89. The van der Waals surface area contributed by atoms with Gasteiger partial charge in [0.15, 0.2) is 0 Å². The normalized spacial score (nSPS) is 11.2. The van der Waals surface area contributed by atoms with Crippen LogP contribution in [0.4, 0.5) is 0 Å². The van der Waals surface area contributed by atoms with Gasteiger partial charge in [0.05, 0.1) is 4.70 Å². The minimum absolute atomic E-state index is 0.600. The zero-order chi connectivity index (χ0) is 25.7. The summed E-state index contributed by atoms with van der Waals surface area (Å²) >= 11 is 5.35. The van der Waals surface area contributed by atoms with Gasteiger partial charge < -0.3 is 0 Å². The molecule has 0 amide bonds. The Labute approximate surface area is 226 Å². The van der Waals surface area contributed by atoms with Gasteiger partial charge in [-0.05, 0) is 79.6 Å². The average molecular weight is 531 g/mol. The fourth-order valence-electron chi connectivity index (χ4n) is 4.13. The van der Waals surface area contributed by atoms with Gasteiger partial charge in [0.25, 0.3) is 0 Å². The number of pyridine rings is 2. The molecule has 36 heavy (non-hydrogen) atoms. The van der Waals surface area contributed by atoms with Crippen LogP contribution < -0.4 is 0 Å². The maximum absolute atomic E-state index is 4.30. The molecule has 2 nitrogen and oxygen atoms in total. The minimum atomic E-state index is 0.600. The Morgan fingerprint density at radius 3 is 1.81 bits per heavy atom. The largest absolute Gasteiger partial charge is 0.263 e. The number of thiophene rings is 3. The second-order valence-electron chi connectivity index (χ2n) is 9.76. The Bertz CT molecular complexity index is 1350. The highest BCUT2D eigenvalue weighted by atomic mass is 32.1. The number of fused-ring (bicyclic) bond motifs is 3. The Morgan fingerprint density at radius 2 is 1.11 bits per heavy atom. The zero-order valence-electron chi connectivity index (χ0n) is 21.9. The van der Waals surface area contributed by atoms with Crippen molar-refractivity contribution in [2.45, 2.75) is 59.3 Å². The average Bonchev–Trinajstić information content (AvgIpc) is 3.61. The number of aromatic nitrogens is 2. The van der Waals surface area contributed by atoms with Gasteiger partial charge in [0.2, 0.25) is 0 Å². The first-order valence-corrected chi connectivity index (χ1v) is 15.1. The molecule has 0 fully saturated rings. The summed E-state index contributed by atoms with van der Waals surface area (Å²) in [6.07, 6.45) is 5.65. The van der Waals surface area contributed by atoms with Gasteiger partial charge in [-0.1, -0.05) is 65.8 Å². The summed E-state index contributed by atoms with van der Waals surface area (Å²) in [4.78, 5) is 9.55. The first-order valence-electron chi connectivity index (χ1n) is 12.5. The molecule has 6 aromatic rings. The molecule has 0 aliphatic rings. The summed E-state index contributed by atoms with van der Waals surface area (Å²) in [5.74, 6) is 1.85. The number of rotatable bonds is 3. The van der Waals surface area contributed by atoms with Crippen molar-refractivity contribution in [3.63, 3.8) is 0 Å². The van der Waals surface area contributed by atoms with Crippen molar-refractivity contribution in [2.24, 2.45) is 0 Å². The van der Waals surface area contributed by atoms with Crippen LogP contribution in [0.1, 0.15) is 76.0 Å². The van der Waals surface area contributed by atoms with Gasteiger partial charge in [-0.25, -0.2) is 4.98 Å². The molecule has 6 rings (SSSR count). The molecular formula is C31H34N2S3. The number of benzene rings is 1. The van der Waals surface area contributed by atoms with Gasteiger partial charge in [-0.15, -0.1) is 34.0 Å². The minimum Gasteiger partial charge on any atom is -0.263 e. The van der Waals surface area contributed by atoms with E-state index in [-0.39, 0.29) is 0 Å². The summed E-state index contributed by atoms with van der Waals surface area (Å²) in [6, 6.07) is 14.9. The molecule has 0 spiro atoms. The first kappa shape index (κ1) is 26.5. The molecule has 0 radical (unpaired) electrons. The van der Waals surface area contributed by atoms with E-state index < -0.39 is 0 Å². The molecule has 5 heteroatoms. The molecule has 5 aromatic heterocycles. The lowest BCUT2D eigenvalue weighted by Crippen LogP contribution is -1.83. The maximum Gasteiger partial charge on any atom is 0.123 e. The van der Waals surface area contributed by atoms with Crippen molar-refractivity contribution >= 4 is 64.4 Å². The molecule has 0 saturated carbocycles. The van der Waals surface area contributed by atoms with Crippen molar-refractivity contribution in [3.05, 3.63) is 93.9 Å². The van der Waals surface area contributed by atoms with Gasteiger partial charge in [0, 0.05) is 28.7 Å². The summed E-state index contributed by atoms with van der Waals surface area (Å²) in [6.45, 7) is 13.4. The van der Waals surface area contributed by atoms with Crippen LogP contribution in [-0.2, 0) is 0 Å². The van der Waals surface area contributed by atoms with Crippen LogP contribution in [0.2, 0.25) is 0 Å². The Balaban J connectivity index is 0.000000127. The summed E-state index contributed by atoms with van der Waals surface area (Å²) in [5, 5.41) is 10.8. The molecule has 0 aliphatic heterocycles. The fourth-order valence-corrected chi connectivity index (χ4v) is 7.41. The predicted molar refractivity (Wildman–Crippen MR) is 163 cm³/mol. The van der Waals surface area contributed by atoms with E-state index >= 15 is 0 Å². The van der Waals surface area contributed by atoms with Gasteiger partial charge in [-0.2, -0.15) is 0 Å². The fraction of sp³-hybridized carbons (Fsp3) is 0.290. The summed E-state index contributed by atoms with van der Waals surface area (Å²) < 4.78 is 2.70. The summed E-state index contributed by atoms with van der Waals surface area (Å²) in [7, 11) is 0. The first-order chi connectivity index (χ1) is 17.4. The van der Waals surface area contributed by atoms with Crippen LogP contribution in [0.15, 0.2) is 77.2 Å². The summed E-state index contributed by atoms with van der Waals surface area (Å²) in [5.41, 5.74) is 4.34. The number of hydrogen-bond donors (Lipinski definition) is 0. The van der Waals surface area contributed by atoms with Gasteiger partial charge in [0.1, 0.15) is 4.83 Å². The molecule has 0 saturated heterocycles. The molecule has 0 N–H and O–H groups in total. The third-order valence-corrected chi connectivity index (χ3v) is 9.02. The third-order valence-electron chi connectivity index (χ3n) is 6.17. The van der Waals surface area contributed by atoms with Crippen molar-refractivity contribution in [2.75, 3.05) is 0 Å². The van der Waals surface area contributed by atoms with Crippen LogP contribution in [0, 0.1) is 0 Å². The van der Waals surface area contributed by atoms with E-state index in [1.807, 2.05) is 36.0 Å². The van der Waals surface area contributed by atoms with Crippen molar-refractivity contribution in [1.82, 2.24) is 9.97 Å². The topological polar surface area (TPSA) is 25.8 Å². The van der Waals surface area contributed by atoms with Crippen LogP contribution in [0.5, 0.6) is 0 Å². The van der Waals surface area contributed by atoms with Crippen LogP contribution >= 0.6 is 34.0 Å². The lowest BCUT2D eigenvalue weighted by Gasteiger charge is -2.01. The van der Waals surface area contributed by atoms with Crippen molar-refractivity contribution in [3.8, 4) is 0 Å². The Hall–Kier alpha value is -2.60. The van der Waals surface area contributed by atoms with Gasteiger partial charge in [-0.3, -0.25) is 4.98 Å². The third kappa shape index (κ3) is 6.03. The second kappa shape index (κ2) is 12.1. The molecule has 0 aliphatic carbocycles. The monoisotopic (exact) mass is 530 g/mol. The standard InChI is InChI=1S/C11H12S.2C10H11NS/c1-8(2)10-7-12-11-6-4-3-5-9(10)11;1-7(2)9-6-12-10-5-11-4-3-8(9)10;1-7(2)9-6-12-10-8(9)4-3-5-11-10/h3-8H,1-2H3;2*3-7H,1-2H3. The highest BCUT2D eigenvalue weighted by molar-refractivity contribution is 7.17. The van der Waals surface area contributed by atoms with E-state index in [4.69, 9.17) is 0 Å². The molecule has 186 valence electrons. The van der Waals surface area contributed by atoms with Crippen LogP contribution in [0.25, 0.3) is 30.4 Å². The SMILES string of the molecule is CC(C)c1csc2ccccc12.CC(C)c1csc2cnccc12.CC(C)c1csc2ncccc12.